The van der Waals surface area contributed by atoms with Crippen LogP contribution in [0.1, 0.15) is 18.5 Å². The van der Waals surface area contributed by atoms with Crippen LogP contribution in [-0.2, 0) is 26.0 Å². The molecule has 3 rings (SSSR count). The number of nitrogens with zero attached hydrogens (tertiary/aromatic N) is 2. The van der Waals surface area contributed by atoms with Crippen LogP contribution >= 0.6 is 11.3 Å². The molecule has 0 saturated carbocycles. The van der Waals surface area contributed by atoms with Gasteiger partial charge in [0.1, 0.15) is 6.61 Å². The van der Waals surface area contributed by atoms with Crippen molar-refractivity contribution in [2.75, 3.05) is 11.5 Å². The van der Waals surface area contributed by atoms with Gasteiger partial charge in [-0.15, -0.1) is 11.3 Å². The summed E-state index contributed by atoms with van der Waals surface area (Å²) in [5.74, 6) is -0.451. The van der Waals surface area contributed by atoms with Crippen molar-refractivity contribution in [3.63, 3.8) is 0 Å². The van der Waals surface area contributed by atoms with Crippen molar-refractivity contribution in [2.24, 2.45) is 5.92 Å². The Hall–Kier alpha value is -1.74. The lowest BCUT2D eigenvalue weighted by atomic mass is 10.1. The number of ether oxygens (including phenoxy) is 1. The second kappa shape index (κ2) is 5.81. The Morgan fingerprint density at radius 1 is 1.50 bits per heavy atom. The maximum Gasteiger partial charge on any atom is 0.306 e. The van der Waals surface area contributed by atoms with Crippen LogP contribution in [0, 0.1) is 5.92 Å². The lowest BCUT2D eigenvalue weighted by Gasteiger charge is -2.07. The molecule has 0 radical (unpaired) electrons. The van der Waals surface area contributed by atoms with E-state index < -0.39 is 15.8 Å². The third-order valence-corrected chi connectivity index (χ3v) is 6.11. The van der Waals surface area contributed by atoms with E-state index in [9.17, 15) is 18.0 Å². The first-order valence-corrected chi connectivity index (χ1v) is 9.45. The highest BCUT2D eigenvalue weighted by atomic mass is 32.2. The van der Waals surface area contributed by atoms with Gasteiger partial charge in [0.05, 0.1) is 17.2 Å². The molecule has 0 bridgehead atoms. The summed E-state index contributed by atoms with van der Waals surface area (Å²) in [7, 11) is -2.99. The van der Waals surface area contributed by atoms with Gasteiger partial charge in [-0.2, -0.15) is 0 Å². The maximum atomic E-state index is 11.8. The van der Waals surface area contributed by atoms with Crippen molar-refractivity contribution in [3.05, 3.63) is 33.7 Å². The summed E-state index contributed by atoms with van der Waals surface area (Å²) in [6.45, 7) is -0.0814. The topological polar surface area (TPSA) is 94.8 Å². The summed E-state index contributed by atoms with van der Waals surface area (Å²) in [4.78, 5) is 28.3. The van der Waals surface area contributed by atoms with E-state index in [-0.39, 0.29) is 36.0 Å². The largest absolute Gasteiger partial charge is 0.459 e. The van der Waals surface area contributed by atoms with Crippen LogP contribution < -0.4 is 5.56 Å². The van der Waals surface area contributed by atoms with Gasteiger partial charge in [-0.1, -0.05) is 0 Å². The van der Waals surface area contributed by atoms with E-state index in [1.165, 1.54) is 21.8 Å². The van der Waals surface area contributed by atoms with Crippen LogP contribution in [-0.4, -0.2) is 35.3 Å². The van der Waals surface area contributed by atoms with Gasteiger partial charge < -0.3 is 4.74 Å². The van der Waals surface area contributed by atoms with E-state index in [4.69, 9.17) is 4.74 Å². The predicted molar refractivity (Wildman–Crippen MR) is 80.5 cm³/mol. The number of carbonyl (C=O) groups is 1. The van der Waals surface area contributed by atoms with Crippen LogP contribution in [0.4, 0.5) is 0 Å². The minimum Gasteiger partial charge on any atom is -0.459 e. The normalized spacial score (nSPS) is 20.3. The average Bonchev–Trinajstić information content (AvgIpc) is 3.03. The number of fused-ring (bicyclic) bond motifs is 1. The Bertz CT molecular complexity index is 868. The highest BCUT2D eigenvalue weighted by molar-refractivity contribution is 7.91. The molecule has 118 valence electrons. The van der Waals surface area contributed by atoms with Crippen molar-refractivity contribution in [1.82, 2.24) is 9.38 Å². The molecular weight excluding hydrogens is 328 g/mol. The molecule has 0 unspecified atom stereocenters. The van der Waals surface area contributed by atoms with Crippen molar-refractivity contribution < 1.29 is 17.9 Å². The number of rotatable bonds is 4. The molecule has 22 heavy (non-hydrogen) atoms. The molecule has 0 spiro atoms. The number of thiazole rings is 1. The fourth-order valence-electron chi connectivity index (χ4n) is 2.44. The van der Waals surface area contributed by atoms with E-state index in [0.717, 1.165) is 0 Å². The molecule has 1 atom stereocenters. The van der Waals surface area contributed by atoms with Gasteiger partial charge in [-0.3, -0.25) is 14.0 Å². The Morgan fingerprint density at radius 2 is 2.32 bits per heavy atom. The van der Waals surface area contributed by atoms with Crippen molar-refractivity contribution in [3.8, 4) is 0 Å². The summed E-state index contributed by atoms with van der Waals surface area (Å²) in [5.41, 5.74) is 0.166. The van der Waals surface area contributed by atoms with Gasteiger partial charge in [0.2, 0.25) is 0 Å². The van der Waals surface area contributed by atoms with E-state index in [1.807, 2.05) is 0 Å². The first kappa shape index (κ1) is 15.2. The van der Waals surface area contributed by atoms with E-state index in [0.29, 0.717) is 17.1 Å². The molecule has 0 aromatic carbocycles. The quantitative estimate of drug-likeness (QED) is 0.756. The van der Waals surface area contributed by atoms with Crippen LogP contribution in [0.5, 0.6) is 0 Å². The molecule has 1 aliphatic rings. The van der Waals surface area contributed by atoms with Crippen molar-refractivity contribution in [1.29, 1.82) is 0 Å². The lowest BCUT2D eigenvalue weighted by Crippen LogP contribution is -2.16. The summed E-state index contributed by atoms with van der Waals surface area (Å²) in [6, 6.07) is 1.33. The Balaban J connectivity index is 1.59. The van der Waals surface area contributed by atoms with Gasteiger partial charge in [-0.25, -0.2) is 13.4 Å². The second-order valence-corrected chi connectivity index (χ2v) is 8.38. The summed E-state index contributed by atoms with van der Waals surface area (Å²) < 4.78 is 29.2. The number of hydrogen-bond acceptors (Lipinski definition) is 7. The molecule has 2 aromatic rings. The molecular formula is C13H14N2O5S2. The fraction of sp³-hybridized carbons (Fsp3) is 0.462. The highest BCUT2D eigenvalue weighted by Gasteiger charge is 2.29. The SMILES string of the molecule is O=C(C[C@H]1CCS(=O)(=O)C1)OCc1cc(=O)n2ccsc2n1. The zero-order valence-electron chi connectivity index (χ0n) is 11.6. The Morgan fingerprint density at radius 3 is 3.05 bits per heavy atom. The average molecular weight is 342 g/mol. The van der Waals surface area contributed by atoms with E-state index in [1.54, 1.807) is 11.6 Å². The van der Waals surface area contributed by atoms with E-state index >= 15 is 0 Å². The van der Waals surface area contributed by atoms with Gasteiger partial charge in [0, 0.05) is 24.1 Å². The number of esters is 1. The third-order valence-electron chi connectivity index (χ3n) is 3.52. The van der Waals surface area contributed by atoms with Gasteiger partial charge in [-0.05, 0) is 12.3 Å². The molecule has 7 nitrogen and oxygen atoms in total. The van der Waals surface area contributed by atoms with Crippen LogP contribution in [0.15, 0.2) is 22.4 Å². The van der Waals surface area contributed by atoms with Crippen LogP contribution in [0.25, 0.3) is 4.96 Å². The molecule has 3 heterocycles. The molecule has 0 N–H and O–H groups in total. The summed E-state index contributed by atoms with van der Waals surface area (Å²) >= 11 is 1.32. The predicted octanol–water partition coefficient (Wildman–Crippen LogP) is 0.624. The molecule has 9 heteroatoms. The molecule has 1 saturated heterocycles. The molecule has 0 aliphatic carbocycles. The lowest BCUT2D eigenvalue weighted by molar-refractivity contribution is -0.146. The Kier molecular flexibility index (Phi) is 4.00. The Labute approximate surface area is 130 Å². The smallest absolute Gasteiger partial charge is 0.306 e. The van der Waals surface area contributed by atoms with Crippen molar-refractivity contribution >= 4 is 32.1 Å². The zero-order valence-corrected chi connectivity index (χ0v) is 13.2. The zero-order chi connectivity index (χ0) is 15.7. The number of sulfone groups is 1. The van der Waals surface area contributed by atoms with Gasteiger partial charge >= 0.3 is 5.97 Å². The van der Waals surface area contributed by atoms with Crippen molar-refractivity contribution in [2.45, 2.75) is 19.4 Å². The molecule has 2 aromatic heterocycles. The summed E-state index contributed by atoms with van der Waals surface area (Å²) in [5, 5.41) is 1.75. The van der Waals surface area contributed by atoms with E-state index in [2.05, 4.69) is 4.98 Å². The summed E-state index contributed by atoms with van der Waals surface area (Å²) in [6.07, 6.45) is 2.21. The highest BCUT2D eigenvalue weighted by Crippen LogP contribution is 2.22. The minimum absolute atomic E-state index is 0.0445. The third kappa shape index (κ3) is 3.36. The number of hydrogen-bond donors (Lipinski definition) is 0. The molecule has 1 aliphatic heterocycles. The van der Waals surface area contributed by atoms with Gasteiger partial charge in [0.15, 0.2) is 14.8 Å². The number of carbonyl (C=O) groups excluding carboxylic acids is 1. The van der Waals surface area contributed by atoms with Crippen LogP contribution in [0.3, 0.4) is 0 Å². The molecule has 0 amide bonds. The monoisotopic (exact) mass is 342 g/mol. The first-order chi connectivity index (χ1) is 10.4. The maximum absolute atomic E-state index is 11.8. The first-order valence-electron chi connectivity index (χ1n) is 6.75. The minimum atomic E-state index is -2.99. The van der Waals surface area contributed by atoms with Gasteiger partial charge in [0.25, 0.3) is 5.56 Å². The fourth-order valence-corrected chi connectivity index (χ4v) is 5.04. The van der Waals surface area contributed by atoms with Crippen LogP contribution in [0.2, 0.25) is 0 Å². The second-order valence-electron chi connectivity index (χ2n) is 5.28. The number of aromatic nitrogens is 2. The molecule has 1 fully saturated rings. The standard InChI is InChI=1S/C13H14N2O5S2/c16-11-6-10(14-13-15(11)2-3-21-13)7-20-12(17)5-9-1-4-22(18,19)8-9/h2-3,6,9H,1,4-5,7-8H2/t9-/m1/s1.